The minimum atomic E-state index is -0.0739. The van der Waals surface area contributed by atoms with Crippen LogP contribution in [0, 0.1) is 0 Å². The van der Waals surface area contributed by atoms with Gasteiger partial charge in [-0.1, -0.05) is 12.1 Å². The molecule has 2 atom stereocenters. The Labute approximate surface area is 94.1 Å². The Bertz CT molecular complexity index is 360. The zero-order valence-electron chi connectivity index (χ0n) is 8.93. The SMILES string of the molecule is c1ccc2c(c1)OCC(C1COCCO1)O2. The molecule has 0 bridgehead atoms. The number of benzene rings is 1. The fourth-order valence-corrected chi connectivity index (χ4v) is 1.94. The lowest BCUT2D eigenvalue weighted by molar-refractivity contribution is -0.136. The normalized spacial score (nSPS) is 28.8. The minimum Gasteiger partial charge on any atom is -0.486 e. The Morgan fingerprint density at radius 1 is 0.938 bits per heavy atom. The summed E-state index contributed by atoms with van der Waals surface area (Å²) in [6, 6.07) is 7.68. The molecule has 0 spiro atoms. The highest BCUT2D eigenvalue weighted by molar-refractivity contribution is 5.40. The van der Waals surface area contributed by atoms with Crippen LogP contribution in [0.1, 0.15) is 0 Å². The van der Waals surface area contributed by atoms with Crippen molar-refractivity contribution in [2.24, 2.45) is 0 Å². The number of ether oxygens (including phenoxy) is 4. The number of hydrogen-bond acceptors (Lipinski definition) is 4. The third-order valence-corrected chi connectivity index (χ3v) is 2.79. The van der Waals surface area contributed by atoms with Crippen LogP contribution in [0.4, 0.5) is 0 Å². The van der Waals surface area contributed by atoms with E-state index in [0.717, 1.165) is 11.5 Å². The summed E-state index contributed by atoms with van der Waals surface area (Å²) >= 11 is 0. The van der Waals surface area contributed by atoms with E-state index in [9.17, 15) is 0 Å². The maximum Gasteiger partial charge on any atom is 0.161 e. The Hall–Kier alpha value is -1.26. The molecule has 4 heteroatoms. The maximum absolute atomic E-state index is 5.84. The van der Waals surface area contributed by atoms with Gasteiger partial charge in [-0.25, -0.2) is 0 Å². The van der Waals surface area contributed by atoms with Crippen molar-refractivity contribution in [2.75, 3.05) is 26.4 Å². The summed E-state index contributed by atoms with van der Waals surface area (Å²) < 4.78 is 22.4. The minimum absolute atomic E-state index is 0.0258. The summed E-state index contributed by atoms with van der Waals surface area (Å²) in [4.78, 5) is 0. The summed E-state index contributed by atoms with van der Waals surface area (Å²) in [6.07, 6.45) is -0.0997. The summed E-state index contributed by atoms with van der Waals surface area (Å²) in [5.41, 5.74) is 0. The third-order valence-electron chi connectivity index (χ3n) is 2.79. The molecular weight excluding hydrogens is 208 g/mol. The predicted molar refractivity (Wildman–Crippen MR) is 56.9 cm³/mol. The van der Waals surface area contributed by atoms with Gasteiger partial charge in [-0.15, -0.1) is 0 Å². The first-order chi connectivity index (χ1) is 7.93. The lowest BCUT2D eigenvalue weighted by Gasteiger charge is -2.33. The molecule has 0 radical (unpaired) electrons. The highest BCUT2D eigenvalue weighted by Gasteiger charge is 2.31. The third kappa shape index (κ3) is 1.86. The lowest BCUT2D eigenvalue weighted by Crippen LogP contribution is -2.46. The van der Waals surface area contributed by atoms with Crippen molar-refractivity contribution in [3.05, 3.63) is 24.3 Å². The Morgan fingerprint density at radius 2 is 1.81 bits per heavy atom. The van der Waals surface area contributed by atoms with E-state index in [0.29, 0.717) is 26.4 Å². The zero-order chi connectivity index (χ0) is 10.8. The van der Waals surface area contributed by atoms with Gasteiger partial charge in [0.2, 0.25) is 0 Å². The Morgan fingerprint density at radius 3 is 2.62 bits per heavy atom. The smallest absolute Gasteiger partial charge is 0.161 e. The van der Waals surface area contributed by atoms with Crippen molar-refractivity contribution >= 4 is 0 Å². The van der Waals surface area contributed by atoms with Gasteiger partial charge in [-0.3, -0.25) is 0 Å². The van der Waals surface area contributed by atoms with Crippen LogP contribution < -0.4 is 9.47 Å². The molecule has 0 saturated carbocycles. The largest absolute Gasteiger partial charge is 0.486 e. The summed E-state index contributed by atoms with van der Waals surface area (Å²) in [7, 11) is 0. The Balaban J connectivity index is 1.72. The average molecular weight is 222 g/mol. The van der Waals surface area contributed by atoms with Gasteiger partial charge in [0.05, 0.1) is 19.8 Å². The number of rotatable bonds is 1. The molecule has 2 aliphatic heterocycles. The molecule has 0 N–H and O–H groups in total. The molecular formula is C12H14O4. The molecule has 1 aromatic rings. The molecule has 1 aromatic carbocycles. The van der Waals surface area contributed by atoms with Crippen LogP contribution >= 0.6 is 0 Å². The first-order valence-electron chi connectivity index (χ1n) is 5.51. The van der Waals surface area contributed by atoms with Crippen LogP contribution in [-0.2, 0) is 9.47 Å². The van der Waals surface area contributed by atoms with E-state index in [1.807, 2.05) is 24.3 Å². The van der Waals surface area contributed by atoms with E-state index in [-0.39, 0.29) is 12.2 Å². The maximum atomic E-state index is 5.84. The van der Waals surface area contributed by atoms with Gasteiger partial charge in [0.1, 0.15) is 12.7 Å². The second-order valence-corrected chi connectivity index (χ2v) is 3.90. The van der Waals surface area contributed by atoms with Crippen LogP contribution in [0.2, 0.25) is 0 Å². The highest BCUT2D eigenvalue weighted by atomic mass is 16.6. The van der Waals surface area contributed by atoms with E-state index in [4.69, 9.17) is 18.9 Å². The van der Waals surface area contributed by atoms with Crippen molar-refractivity contribution in [3.8, 4) is 11.5 Å². The fraction of sp³-hybridized carbons (Fsp3) is 0.500. The molecule has 1 fully saturated rings. The molecule has 86 valence electrons. The van der Waals surface area contributed by atoms with Gasteiger partial charge in [0.25, 0.3) is 0 Å². The van der Waals surface area contributed by atoms with Gasteiger partial charge in [-0.2, -0.15) is 0 Å². The quantitative estimate of drug-likeness (QED) is 0.716. The van der Waals surface area contributed by atoms with Gasteiger partial charge in [-0.05, 0) is 12.1 Å². The molecule has 2 aliphatic rings. The zero-order valence-corrected chi connectivity index (χ0v) is 8.93. The van der Waals surface area contributed by atoms with Crippen molar-refractivity contribution in [1.82, 2.24) is 0 Å². The van der Waals surface area contributed by atoms with Crippen LogP contribution in [0.3, 0.4) is 0 Å². The van der Waals surface area contributed by atoms with E-state index < -0.39 is 0 Å². The molecule has 2 unspecified atom stereocenters. The second kappa shape index (κ2) is 4.31. The average Bonchev–Trinajstić information content (AvgIpc) is 2.39. The molecule has 3 rings (SSSR count). The highest BCUT2D eigenvalue weighted by Crippen LogP contribution is 2.32. The number of fused-ring (bicyclic) bond motifs is 1. The summed E-state index contributed by atoms with van der Waals surface area (Å²) in [5, 5.41) is 0. The van der Waals surface area contributed by atoms with E-state index in [1.54, 1.807) is 0 Å². The van der Waals surface area contributed by atoms with Gasteiger partial charge in [0.15, 0.2) is 17.6 Å². The number of hydrogen-bond donors (Lipinski definition) is 0. The topological polar surface area (TPSA) is 36.9 Å². The molecule has 16 heavy (non-hydrogen) atoms. The molecule has 1 saturated heterocycles. The fourth-order valence-electron chi connectivity index (χ4n) is 1.94. The lowest BCUT2D eigenvalue weighted by atomic mass is 10.2. The van der Waals surface area contributed by atoms with E-state index in [1.165, 1.54) is 0 Å². The first kappa shape index (κ1) is 9.93. The van der Waals surface area contributed by atoms with Crippen LogP contribution in [0.25, 0.3) is 0 Å². The van der Waals surface area contributed by atoms with Crippen molar-refractivity contribution in [1.29, 1.82) is 0 Å². The standard InChI is InChI=1S/C12H14O4/c1-2-4-10-9(3-1)15-8-12(16-10)11-7-13-5-6-14-11/h1-4,11-12H,5-8H2. The second-order valence-electron chi connectivity index (χ2n) is 3.90. The van der Waals surface area contributed by atoms with Gasteiger partial charge >= 0.3 is 0 Å². The molecule has 0 amide bonds. The van der Waals surface area contributed by atoms with Crippen molar-refractivity contribution in [2.45, 2.75) is 12.2 Å². The van der Waals surface area contributed by atoms with Crippen molar-refractivity contribution < 1.29 is 18.9 Å². The van der Waals surface area contributed by atoms with Crippen LogP contribution in [-0.4, -0.2) is 38.6 Å². The molecule has 4 nitrogen and oxygen atoms in total. The number of para-hydroxylation sites is 2. The van der Waals surface area contributed by atoms with Crippen LogP contribution in [0.15, 0.2) is 24.3 Å². The predicted octanol–water partition coefficient (Wildman–Crippen LogP) is 1.24. The van der Waals surface area contributed by atoms with Gasteiger partial charge < -0.3 is 18.9 Å². The van der Waals surface area contributed by atoms with E-state index >= 15 is 0 Å². The van der Waals surface area contributed by atoms with E-state index in [2.05, 4.69) is 0 Å². The van der Waals surface area contributed by atoms with Crippen molar-refractivity contribution in [3.63, 3.8) is 0 Å². The molecule has 2 heterocycles. The summed E-state index contributed by atoms with van der Waals surface area (Å²) in [5.74, 6) is 1.59. The van der Waals surface area contributed by atoms with Crippen LogP contribution in [0.5, 0.6) is 11.5 Å². The molecule has 0 aliphatic carbocycles. The monoisotopic (exact) mass is 222 g/mol. The van der Waals surface area contributed by atoms with Gasteiger partial charge in [0, 0.05) is 0 Å². The first-order valence-corrected chi connectivity index (χ1v) is 5.51. The summed E-state index contributed by atoms with van der Waals surface area (Å²) in [6.45, 7) is 2.40. The Kier molecular flexibility index (Phi) is 2.68. The molecule has 0 aromatic heterocycles.